The van der Waals surface area contributed by atoms with E-state index < -0.39 is 23.3 Å². The fourth-order valence-electron chi connectivity index (χ4n) is 2.05. The Bertz CT molecular complexity index is 806. The van der Waals surface area contributed by atoms with Crippen molar-refractivity contribution < 1.29 is 17.6 Å². The number of aromatic nitrogens is 2. The highest BCUT2D eigenvalue weighted by Gasteiger charge is 2.18. The van der Waals surface area contributed by atoms with Gasteiger partial charge >= 0.3 is 0 Å². The van der Waals surface area contributed by atoms with Crippen molar-refractivity contribution >= 4 is 17.0 Å². The quantitative estimate of drug-likeness (QED) is 0.696. The number of imidazole rings is 1. The minimum atomic E-state index is -1.18. The SMILES string of the molecule is Nc1nc2ccc(F)c(F)c2n1-c1cc(F)cc(F)c1. The highest BCUT2D eigenvalue weighted by atomic mass is 19.2. The van der Waals surface area contributed by atoms with Gasteiger partial charge in [-0.1, -0.05) is 0 Å². The van der Waals surface area contributed by atoms with Crippen LogP contribution in [-0.4, -0.2) is 9.55 Å². The van der Waals surface area contributed by atoms with Crippen LogP contribution in [0.3, 0.4) is 0 Å². The molecule has 0 aliphatic carbocycles. The summed E-state index contributed by atoms with van der Waals surface area (Å²) in [5.41, 5.74) is 5.36. The Balaban J connectivity index is 2.41. The second-order valence-corrected chi connectivity index (χ2v) is 4.16. The Hall–Kier alpha value is -2.57. The molecule has 0 aliphatic heterocycles. The van der Waals surface area contributed by atoms with Crippen molar-refractivity contribution in [3.05, 3.63) is 53.6 Å². The maximum absolute atomic E-state index is 13.9. The monoisotopic (exact) mass is 281 g/mol. The van der Waals surface area contributed by atoms with Crippen LogP contribution in [-0.2, 0) is 0 Å². The van der Waals surface area contributed by atoms with E-state index in [1.807, 2.05) is 0 Å². The van der Waals surface area contributed by atoms with E-state index in [4.69, 9.17) is 5.73 Å². The van der Waals surface area contributed by atoms with Gasteiger partial charge in [0.05, 0.1) is 11.2 Å². The molecule has 0 spiro atoms. The van der Waals surface area contributed by atoms with Crippen molar-refractivity contribution in [1.82, 2.24) is 9.55 Å². The number of hydrogen-bond donors (Lipinski definition) is 1. The Morgan fingerprint density at radius 2 is 1.60 bits per heavy atom. The molecule has 3 rings (SSSR count). The highest BCUT2D eigenvalue weighted by Crippen LogP contribution is 2.27. The molecule has 1 heterocycles. The van der Waals surface area contributed by atoms with Crippen molar-refractivity contribution in [1.29, 1.82) is 0 Å². The maximum Gasteiger partial charge on any atom is 0.206 e. The van der Waals surface area contributed by atoms with Gasteiger partial charge in [-0.3, -0.25) is 4.57 Å². The molecule has 0 saturated heterocycles. The lowest BCUT2D eigenvalue weighted by molar-refractivity contribution is 0.514. The average Bonchev–Trinajstić information content (AvgIpc) is 2.70. The molecule has 0 fully saturated rings. The fourth-order valence-corrected chi connectivity index (χ4v) is 2.05. The Morgan fingerprint density at radius 3 is 2.25 bits per heavy atom. The van der Waals surface area contributed by atoms with Gasteiger partial charge < -0.3 is 5.73 Å². The molecule has 0 aliphatic rings. The second kappa shape index (κ2) is 4.22. The van der Waals surface area contributed by atoms with Crippen molar-refractivity contribution in [3.8, 4) is 5.69 Å². The summed E-state index contributed by atoms with van der Waals surface area (Å²) < 4.78 is 54.6. The second-order valence-electron chi connectivity index (χ2n) is 4.16. The number of nitrogens with zero attached hydrogens (tertiary/aromatic N) is 2. The van der Waals surface area contributed by atoms with E-state index in [0.29, 0.717) is 6.07 Å². The van der Waals surface area contributed by atoms with Crippen LogP contribution in [0.1, 0.15) is 0 Å². The van der Waals surface area contributed by atoms with E-state index in [1.54, 1.807) is 0 Å². The first-order valence-corrected chi connectivity index (χ1v) is 5.56. The van der Waals surface area contributed by atoms with Crippen molar-refractivity contribution in [2.75, 3.05) is 5.73 Å². The summed E-state index contributed by atoms with van der Waals surface area (Å²) in [7, 11) is 0. The molecule has 0 unspecified atom stereocenters. The van der Waals surface area contributed by atoms with Gasteiger partial charge in [0.2, 0.25) is 5.95 Å². The molecule has 0 saturated carbocycles. The van der Waals surface area contributed by atoms with E-state index in [2.05, 4.69) is 4.98 Å². The molecule has 20 heavy (non-hydrogen) atoms. The van der Waals surface area contributed by atoms with Crippen molar-refractivity contribution in [2.45, 2.75) is 0 Å². The number of anilines is 1. The number of rotatable bonds is 1. The van der Waals surface area contributed by atoms with Crippen LogP contribution in [0, 0.1) is 23.3 Å². The Labute approximate surface area is 110 Å². The molecule has 2 aromatic carbocycles. The molecule has 3 aromatic rings. The van der Waals surface area contributed by atoms with E-state index in [1.165, 1.54) is 6.07 Å². The zero-order valence-electron chi connectivity index (χ0n) is 9.87. The molecular weight excluding hydrogens is 274 g/mol. The predicted molar refractivity (Wildman–Crippen MR) is 65.3 cm³/mol. The first-order valence-electron chi connectivity index (χ1n) is 5.56. The lowest BCUT2D eigenvalue weighted by atomic mass is 10.2. The van der Waals surface area contributed by atoms with E-state index in [9.17, 15) is 17.6 Å². The van der Waals surface area contributed by atoms with Crippen LogP contribution in [0.2, 0.25) is 0 Å². The molecule has 0 radical (unpaired) electrons. The van der Waals surface area contributed by atoms with Crippen LogP contribution >= 0.6 is 0 Å². The van der Waals surface area contributed by atoms with Gasteiger partial charge in [-0.05, 0) is 24.3 Å². The molecule has 0 amide bonds. The Morgan fingerprint density at radius 1 is 0.950 bits per heavy atom. The molecule has 0 atom stereocenters. The number of fused-ring (bicyclic) bond motifs is 1. The maximum atomic E-state index is 13.9. The first-order chi connectivity index (χ1) is 9.47. The van der Waals surface area contributed by atoms with Gasteiger partial charge in [0.25, 0.3) is 0 Å². The smallest absolute Gasteiger partial charge is 0.206 e. The zero-order chi connectivity index (χ0) is 14.4. The topological polar surface area (TPSA) is 43.8 Å². The third-order valence-electron chi connectivity index (χ3n) is 2.84. The van der Waals surface area contributed by atoms with Crippen molar-refractivity contribution in [3.63, 3.8) is 0 Å². The minimum Gasteiger partial charge on any atom is -0.369 e. The summed E-state index contributed by atoms with van der Waals surface area (Å²) in [6, 6.07) is 4.70. The lowest BCUT2D eigenvalue weighted by Gasteiger charge is -2.07. The van der Waals surface area contributed by atoms with Crippen LogP contribution in [0.5, 0.6) is 0 Å². The lowest BCUT2D eigenvalue weighted by Crippen LogP contribution is -2.03. The largest absolute Gasteiger partial charge is 0.369 e. The zero-order valence-corrected chi connectivity index (χ0v) is 9.87. The normalized spacial score (nSPS) is 11.2. The van der Waals surface area contributed by atoms with Gasteiger partial charge in [0, 0.05) is 6.07 Å². The van der Waals surface area contributed by atoms with Crippen molar-refractivity contribution in [2.24, 2.45) is 0 Å². The van der Waals surface area contributed by atoms with Gasteiger partial charge in [-0.2, -0.15) is 0 Å². The summed E-state index contributed by atoms with van der Waals surface area (Å²) in [5, 5.41) is 0. The summed E-state index contributed by atoms with van der Waals surface area (Å²) in [4.78, 5) is 3.84. The summed E-state index contributed by atoms with van der Waals surface area (Å²) >= 11 is 0. The number of halogens is 4. The number of hydrogen-bond acceptors (Lipinski definition) is 2. The fraction of sp³-hybridized carbons (Fsp3) is 0. The highest BCUT2D eigenvalue weighted by molar-refractivity contribution is 5.81. The molecule has 0 bridgehead atoms. The summed E-state index contributed by atoms with van der Waals surface area (Å²) in [5.74, 6) is -4.21. The Kier molecular flexibility index (Phi) is 2.63. The number of nitrogens with two attached hydrogens (primary N) is 1. The van der Waals surface area contributed by atoms with Gasteiger partial charge in [-0.25, -0.2) is 22.5 Å². The molecular formula is C13H7F4N3. The van der Waals surface area contributed by atoms with Crippen LogP contribution in [0.15, 0.2) is 30.3 Å². The molecule has 7 heteroatoms. The molecule has 2 N–H and O–H groups in total. The summed E-state index contributed by atoms with van der Waals surface area (Å²) in [6.45, 7) is 0. The molecule has 3 nitrogen and oxygen atoms in total. The third kappa shape index (κ3) is 1.78. The van der Waals surface area contributed by atoms with Gasteiger partial charge in [0.1, 0.15) is 17.2 Å². The number of nitrogen functional groups attached to an aromatic ring is 1. The van der Waals surface area contributed by atoms with Gasteiger partial charge in [0.15, 0.2) is 11.6 Å². The van der Waals surface area contributed by atoms with Gasteiger partial charge in [-0.15, -0.1) is 0 Å². The number of benzene rings is 2. The standard InChI is InChI=1S/C13H7F4N3/c14-6-3-7(15)5-8(4-6)20-12-10(19-13(20)18)2-1-9(16)11(12)17/h1-5H,(H2,18,19). The average molecular weight is 281 g/mol. The minimum absolute atomic E-state index is 0.0769. The molecule has 1 aromatic heterocycles. The third-order valence-corrected chi connectivity index (χ3v) is 2.84. The van der Waals surface area contributed by atoms with E-state index in [-0.39, 0.29) is 22.7 Å². The summed E-state index contributed by atoms with van der Waals surface area (Å²) in [6.07, 6.45) is 0. The van der Waals surface area contributed by atoms with E-state index in [0.717, 1.165) is 22.8 Å². The predicted octanol–water partition coefficient (Wildman–Crippen LogP) is 3.16. The van der Waals surface area contributed by atoms with Crippen LogP contribution in [0.4, 0.5) is 23.5 Å². The van der Waals surface area contributed by atoms with Crippen LogP contribution in [0.25, 0.3) is 16.7 Å². The first kappa shape index (κ1) is 12.5. The molecule has 102 valence electrons. The van der Waals surface area contributed by atoms with Crippen LogP contribution < -0.4 is 5.73 Å². The van der Waals surface area contributed by atoms with E-state index >= 15 is 0 Å².